The van der Waals surface area contributed by atoms with Gasteiger partial charge in [0.05, 0.1) is 25.4 Å². The van der Waals surface area contributed by atoms with Crippen molar-refractivity contribution in [2.75, 3.05) is 13.2 Å². The van der Waals surface area contributed by atoms with E-state index in [2.05, 4.69) is 62.5 Å². The predicted octanol–water partition coefficient (Wildman–Crippen LogP) is 3.93. The molecule has 1 saturated carbocycles. The molecular weight excluding hydrogens is 362 g/mol. The van der Waals surface area contributed by atoms with Gasteiger partial charge in [-0.1, -0.05) is 48.5 Å². The zero-order valence-corrected chi connectivity index (χ0v) is 17.9. The number of hydrogen-bond acceptors (Lipinski definition) is 4. The second-order valence-corrected chi connectivity index (χ2v) is 9.02. The number of benzene rings is 2. The van der Waals surface area contributed by atoms with Gasteiger partial charge in [0.25, 0.3) is 0 Å². The van der Waals surface area contributed by atoms with Crippen LogP contribution >= 0.6 is 0 Å². The van der Waals surface area contributed by atoms with Crippen LogP contribution in [0.25, 0.3) is 0 Å². The van der Waals surface area contributed by atoms with Gasteiger partial charge in [-0.25, -0.2) is 0 Å². The van der Waals surface area contributed by atoms with E-state index in [0.29, 0.717) is 19.1 Å². The first-order chi connectivity index (χ1) is 13.9. The zero-order chi connectivity index (χ0) is 20.9. The van der Waals surface area contributed by atoms with Gasteiger partial charge in [-0.3, -0.25) is 0 Å². The van der Waals surface area contributed by atoms with Crippen LogP contribution in [0.1, 0.15) is 55.0 Å². The lowest BCUT2D eigenvalue weighted by atomic mass is 9.94. The fourth-order valence-corrected chi connectivity index (χ4v) is 3.79. The molecule has 0 amide bonds. The van der Waals surface area contributed by atoms with Gasteiger partial charge in [-0.2, -0.15) is 0 Å². The minimum atomic E-state index is -0.545. The summed E-state index contributed by atoms with van der Waals surface area (Å²) in [6.07, 6.45) is 2.80. The van der Waals surface area contributed by atoms with Gasteiger partial charge in [0.2, 0.25) is 0 Å². The molecule has 0 spiro atoms. The molecule has 0 heterocycles. The molecule has 0 saturated heterocycles. The first kappa shape index (κ1) is 22.0. The fourth-order valence-electron chi connectivity index (χ4n) is 3.79. The van der Waals surface area contributed by atoms with Crippen LogP contribution in [0.3, 0.4) is 0 Å². The molecule has 1 fully saturated rings. The van der Waals surface area contributed by atoms with Crippen molar-refractivity contribution in [3.63, 3.8) is 0 Å². The molecule has 4 heteroatoms. The van der Waals surface area contributed by atoms with Crippen molar-refractivity contribution < 1.29 is 14.9 Å². The highest BCUT2D eigenvalue weighted by Gasteiger charge is 2.34. The van der Waals surface area contributed by atoms with E-state index in [1.165, 1.54) is 29.5 Å². The number of nitrogens with one attached hydrogen (secondary N) is 1. The topological polar surface area (TPSA) is 61.7 Å². The minimum absolute atomic E-state index is 0.0679. The van der Waals surface area contributed by atoms with Crippen LogP contribution in [0.2, 0.25) is 0 Å². The van der Waals surface area contributed by atoms with Crippen molar-refractivity contribution in [3.8, 4) is 0 Å². The lowest BCUT2D eigenvalue weighted by molar-refractivity contribution is -0.0213. The number of aryl methyl sites for hydroxylation is 1. The standard InChI is InChI=1S/C25H35NO3/c1-18-6-4-5-7-23(18)24(21-12-13-21)29-17-22(28)15-26-25(2,3)14-19-8-10-20(16-27)11-9-19/h4-11,21-22,24,26-28H,12-17H2,1-3H3. The molecule has 2 aromatic carbocycles. The first-order valence-electron chi connectivity index (χ1n) is 10.7. The van der Waals surface area contributed by atoms with E-state index in [1.54, 1.807) is 0 Å². The molecule has 4 nitrogen and oxygen atoms in total. The quantitative estimate of drug-likeness (QED) is 0.538. The third-order valence-corrected chi connectivity index (χ3v) is 5.68. The summed E-state index contributed by atoms with van der Waals surface area (Å²) in [5.74, 6) is 0.578. The molecule has 2 atom stereocenters. The maximum Gasteiger partial charge on any atom is 0.0898 e. The Morgan fingerprint density at radius 3 is 2.34 bits per heavy atom. The van der Waals surface area contributed by atoms with Crippen molar-refractivity contribution in [1.29, 1.82) is 0 Å². The Hall–Kier alpha value is -1.72. The molecule has 0 bridgehead atoms. The highest BCUT2D eigenvalue weighted by Crippen LogP contribution is 2.44. The molecule has 29 heavy (non-hydrogen) atoms. The van der Waals surface area contributed by atoms with E-state index in [4.69, 9.17) is 9.84 Å². The highest BCUT2D eigenvalue weighted by atomic mass is 16.5. The lowest BCUT2D eigenvalue weighted by Crippen LogP contribution is -2.46. The molecule has 2 unspecified atom stereocenters. The predicted molar refractivity (Wildman–Crippen MR) is 117 cm³/mol. The summed E-state index contributed by atoms with van der Waals surface area (Å²) < 4.78 is 6.19. The van der Waals surface area contributed by atoms with E-state index in [-0.39, 0.29) is 18.2 Å². The van der Waals surface area contributed by atoms with E-state index >= 15 is 0 Å². The molecule has 2 aromatic rings. The Labute approximate surface area is 174 Å². The van der Waals surface area contributed by atoms with Crippen LogP contribution in [-0.4, -0.2) is 35.0 Å². The normalized spacial score (nSPS) is 16.6. The molecular formula is C25H35NO3. The van der Waals surface area contributed by atoms with Gasteiger partial charge in [-0.05, 0) is 68.2 Å². The molecule has 0 aromatic heterocycles. The summed E-state index contributed by atoms with van der Waals surface area (Å²) in [4.78, 5) is 0. The Balaban J connectivity index is 1.48. The third-order valence-electron chi connectivity index (χ3n) is 5.68. The Morgan fingerprint density at radius 1 is 1.07 bits per heavy atom. The van der Waals surface area contributed by atoms with Gasteiger partial charge >= 0.3 is 0 Å². The SMILES string of the molecule is Cc1ccccc1C(OCC(O)CNC(C)(C)Cc1ccc(CO)cc1)C1CC1. The monoisotopic (exact) mass is 397 g/mol. The first-order valence-corrected chi connectivity index (χ1v) is 10.7. The van der Waals surface area contributed by atoms with E-state index in [1.807, 2.05) is 12.1 Å². The molecule has 1 aliphatic rings. The van der Waals surface area contributed by atoms with Crippen molar-refractivity contribution in [1.82, 2.24) is 5.32 Å². The van der Waals surface area contributed by atoms with E-state index in [9.17, 15) is 5.11 Å². The summed E-state index contributed by atoms with van der Waals surface area (Å²) in [6.45, 7) is 7.30. The number of aliphatic hydroxyl groups is 2. The van der Waals surface area contributed by atoms with Crippen LogP contribution < -0.4 is 5.32 Å². The second-order valence-electron chi connectivity index (χ2n) is 9.02. The molecule has 1 aliphatic carbocycles. The largest absolute Gasteiger partial charge is 0.392 e. The van der Waals surface area contributed by atoms with Crippen molar-refractivity contribution in [2.45, 2.75) is 64.4 Å². The maximum absolute atomic E-state index is 10.5. The van der Waals surface area contributed by atoms with Crippen LogP contribution in [0.4, 0.5) is 0 Å². The van der Waals surface area contributed by atoms with Crippen molar-refractivity contribution >= 4 is 0 Å². The molecule has 158 valence electrons. The maximum atomic E-state index is 10.5. The van der Waals surface area contributed by atoms with Crippen LogP contribution in [0.15, 0.2) is 48.5 Å². The molecule has 3 rings (SSSR count). The number of β-amino-alcohol motifs (C(OH)–C–C–N with tert-alkyl or cyclic N) is 1. The smallest absolute Gasteiger partial charge is 0.0898 e. The summed E-state index contributed by atoms with van der Waals surface area (Å²) in [6, 6.07) is 16.4. The van der Waals surface area contributed by atoms with Gasteiger partial charge in [-0.15, -0.1) is 0 Å². The van der Waals surface area contributed by atoms with Crippen LogP contribution in [-0.2, 0) is 17.8 Å². The minimum Gasteiger partial charge on any atom is -0.392 e. The lowest BCUT2D eigenvalue weighted by Gasteiger charge is -2.29. The average Bonchev–Trinajstić information content (AvgIpc) is 3.53. The average molecular weight is 398 g/mol. The van der Waals surface area contributed by atoms with Crippen LogP contribution in [0, 0.1) is 12.8 Å². The van der Waals surface area contributed by atoms with E-state index in [0.717, 1.165) is 12.0 Å². The van der Waals surface area contributed by atoms with Gasteiger partial charge < -0.3 is 20.3 Å². The second kappa shape index (κ2) is 9.86. The Kier molecular flexibility index (Phi) is 7.47. The third kappa shape index (κ3) is 6.65. The number of hydrogen-bond donors (Lipinski definition) is 3. The zero-order valence-electron chi connectivity index (χ0n) is 17.9. The Bertz CT molecular complexity index is 768. The number of aliphatic hydroxyl groups excluding tert-OH is 2. The van der Waals surface area contributed by atoms with Crippen LogP contribution in [0.5, 0.6) is 0 Å². The van der Waals surface area contributed by atoms with Gasteiger partial charge in [0.15, 0.2) is 0 Å². The number of ether oxygens (including phenoxy) is 1. The molecule has 0 aliphatic heterocycles. The van der Waals surface area contributed by atoms with Gasteiger partial charge in [0, 0.05) is 12.1 Å². The van der Waals surface area contributed by atoms with Crippen molar-refractivity contribution in [3.05, 3.63) is 70.8 Å². The molecule has 3 N–H and O–H groups in total. The van der Waals surface area contributed by atoms with Gasteiger partial charge in [0.1, 0.15) is 0 Å². The number of rotatable bonds is 11. The summed E-state index contributed by atoms with van der Waals surface area (Å²) >= 11 is 0. The van der Waals surface area contributed by atoms with E-state index < -0.39 is 6.10 Å². The Morgan fingerprint density at radius 2 is 1.72 bits per heavy atom. The highest BCUT2D eigenvalue weighted by molar-refractivity contribution is 5.29. The summed E-state index contributed by atoms with van der Waals surface area (Å²) in [5.41, 5.74) is 4.49. The van der Waals surface area contributed by atoms with Crippen molar-refractivity contribution in [2.24, 2.45) is 5.92 Å². The summed E-state index contributed by atoms with van der Waals surface area (Å²) in [7, 11) is 0. The summed E-state index contributed by atoms with van der Waals surface area (Å²) in [5, 5.41) is 23.1. The fraction of sp³-hybridized carbons (Fsp3) is 0.520. The molecule has 0 radical (unpaired) electrons.